The summed E-state index contributed by atoms with van der Waals surface area (Å²) in [5.74, 6) is -1.01. The minimum absolute atomic E-state index is 0.245. The fourth-order valence-electron chi connectivity index (χ4n) is 1.30. The largest absolute Gasteiger partial charge is 0.455 e. The van der Waals surface area contributed by atoms with Crippen LogP contribution >= 0.6 is 31.9 Å². The highest BCUT2D eigenvalue weighted by molar-refractivity contribution is 9.11. The summed E-state index contributed by atoms with van der Waals surface area (Å²) in [7, 11) is 0. The number of amides is 1. The lowest BCUT2D eigenvalue weighted by Gasteiger charge is -2.11. The van der Waals surface area contributed by atoms with E-state index >= 15 is 0 Å². The van der Waals surface area contributed by atoms with Gasteiger partial charge in [-0.3, -0.25) is 9.59 Å². The number of rotatable bonds is 4. The molecule has 6 heteroatoms. The predicted molar refractivity (Wildman–Crippen MR) is 81.0 cm³/mol. The Morgan fingerprint density at radius 2 is 1.79 bits per heavy atom. The zero-order valence-electron chi connectivity index (χ0n) is 10.9. The van der Waals surface area contributed by atoms with Crippen molar-refractivity contribution in [3.63, 3.8) is 0 Å². The Balaban J connectivity index is 2.65. The third kappa shape index (κ3) is 4.95. The number of aryl methyl sites for hydroxylation is 1. The topological polar surface area (TPSA) is 55.4 Å². The summed E-state index contributed by atoms with van der Waals surface area (Å²) in [6.45, 7) is 5.09. The SMILES string of the molecule is Cc1cc(Br)c(NC(=O)COC(=O)C(C)C)c(Br)c1. The van der Waals surface area contributed by atoms with Crippen LogP contribution in [0.1, 0.15) is 19.4 Å². The average molecular weight is 393 g/mol. The molecular formula is C13H15Br2NO3. The van der Waals surface area contributed by atoms with E-state index < -0.39 is 5.97 Å². The third-order valence-corrected chi connectivity index (χ3v) is 3.52. The predicted octanol–water partition coefficient (Wildman–Crippen LogP) is 3.66. The molecule has 0 saturated heterocycles. The zero-order chi connectivity index (χ0) is 14.6. The fourth-order valence-corrected chi connectivity index (χ4v) is 2.91. The molecule has 0 fully saturated rings. The second kappa shape index (κ2) is 7.05. The molecule has 0 heterocycles. The van der Waals surface area contributed by atoms with Crippen molar-refractivity contribution in [3.05, 3.63) is 26.6 Å². The number of benzene rings is 1. The Labute approximate surface area is 129 Å². The van der Waals surface area contributed by atoms with Crippen LogP contribution in [-0.4, -0.2) is 18.5 Å². The summed E-state index contributed by atoms with van der Waals surface area (Å²) in [4.78, 5) is 23.0. The first kappa shape index (κ1) is 16.2. The van der Waals surface area contributed by atoms with Gasteiger partial charge in [0.2, 0.25) is 0 Å². The van der Waals surface area contributed by atoms with E-state index in [0.29, 0.717) is 5.69 Å². The molecule has 1 N–H and O–H groups in total. The van der Waals surface area contributed by atoms with Crippen molar-refractivity contribution in [2.24, 2.45) is 5.92 Å². The van der Waals surface area contributed by atoms with Crippen molar-refractivity contribution >= 4 is 49.4 Å². The van der Waals surface area contributed by atoms with Crippen molar-refractivity contribution in [1.82, 2.24) is 0 Å². The molecule has 0 aliphatic carbocycles. The molecule has 0 aliphatic heterocycles. The molecule has 0 bridgehead atoms. The quantitative estimate of drug-likeness (QED) is 0.795. The molecule has 104 valence electrons. The first-order chi connectivity index (χ1) is 8.81. The maximum absolute atomic E-state index is 11.7. The number of halogens is 2. The highest BCUT2D eigenvalue weighted by Crippen LogP contribution is 2.32. The van der Waals surface area contributed by atoms with E-state index in [2.05, 4.69) is 37.2 Å². The Morgan fingerprint density at radius 1 is 1.26 bits per heavy atom. The molecule has 1 aromatic carbocycles. The molecule has 0 atom stereocenters. The van der Waals surface area contributed by atoms with E-state index in [1.165, 1.54) is 0 Å². The van der Waals surface area contributed by atoms with Crippen molar-refractivity contribution < 1.29 is 14.3 Å². The van der Waals surface area contributed by atoms with Crippen LogP contribution in [0.15, 0.2) is 21.1 Å². The van der Waals surface area contributed by atoms with Gasteiger partial charge in [0, 0.05) is 8.95 Å². The van der Waals surface area contributed by atoms with Crippen LogP contribution in [-0.2, 0) is 14.3 Å². The monoisotopic (exact) mass is 391 g/mol. The van der Waals surface area contributed by atoms with Crippen molar-refractivity contribution in [1.29, 1.82) is 0 Å². The molecule has 19 heavy (non-hydrogen) atoms. The number of hydrogen-bond donors (Lipinski definition) is 1. The summed E-state index contributed by atoms with van der Waals surface area (Å²) < 4.78 is 6.39. The number of carbonyl (C=O) groups is 2. The Hall–Kier alpha value is -0.880. The molecule has 1 amide bonds. The van der Waals surface area contributed by atoms with Crippen molar-refractivity contribution in [2.45, 2.75) is 20.8 Å². The van der Waals surface area contributed by atoms with E-state index in [0.717, 1.165) is 14.5 Å². The first-order valence-electron chi connectivity index (χ1n) is 5.73. The maximum Gasteiger partial charge on any atom is 0.308 e. The van der Waals surface area contributed by atoms with E-state index in [1.54, 1.807) is 13.8 Å². The number of anilines is 1. The normalized spacial score (nSPS) is 10.4. The van der Waals surface area contributed by atoms with Gasteiger partial charge in [0.05, 0.1) is 11.6 Å². The van der Waals surface area contributed by atoms with Crippen LogP contribution in [0.3, 0.4) is 0 Å². The van der Waals surface area contributed by atoms with Crippen LogP contribution in [0.25, 0.3) is 0 Å². The zero-order valence-corrected chi connectivity index (χ0v) is 14.1. The minimum Gasteiger partial charge on any atom is -0.455 e. The number of carbonyl (C=O) groups excluding carboxylic acids is 2. The second-order valence-electron chi connectivity index (χ2n) is 4.41. The van der Waals surface area contributed by atoms with Crippen LogP contribution in [0.5, 0.6) is 0 Å². The smallest absolute Gasteiger partial charge is 0.308 e. The molecule has 0 aromatic heterocycles. The highest BCUT2D eigenvalue weighted by Gasteiger charge is 2.13. The Bertz CT molecular complexity index is 478. The number of esters is 1. The summed E-state index contributed by atoms with van der Waals surface area (Å²) in [5.41, 5.74) is 1.68. The number of nitrogens with one attached hydrogen (secondary N) is 1. The summed E-state index contributed by atoms with van der Waals surface area (Å²) in [5, 5.41) is 2.69. The van der Waals surface area contributed by atoms with Gasteiger partial charge < -0.3 is 10.1 Å². The standard InChI is InChI=1S/C13H15Br2NO3/c1-7(2)13(18)19-6-11(17)16-12-9(14)4-8(3)5-10(12)15/h4-5,7H,6H2,1-3H3,(H,16,17). The van der Waals surface area contributed by atoms with Gasteiger partial charge in [0.15, 0.2) is 6.61 Å². The summed E-state index contributed by atoms with van der Waals surface area (Å²) in [6.07, 6.45) is 0. The van der Waals surface area contributed by atoms with Gasteiger partial charge >= 0.3 is 5.97 Å². The Kier molecular flexibility index (Phi) is 6.00. The van der Waals surface area contributed by atoms with Gasteiger partial charge in [-0.05, 0) is 56.5 Å². The van der Waals surface area contributed by atoms with Crippen molar-refractivity contribution in [3.8, 4) is 0 Å². The first-order valence-corrected chi connectivity index (χ1v) is 7.32. The van der Waals surface area contributed by atoms with Gasteiger partial charge in [-0.25, -0.2) is 0 Å². The van der Waals surface area contributed by atoms with Gasteiger partial charge in [-0.2, -0.15) is 0 Å². The molecule has 1 rings (SSSR count). The maximum atomic E-state index is 11.7. The number of hydrogen-bond acceptors (Lipinski definition) is 3. The molecule has 4 nitrogen and oxygen atoms in total. The molecule has 1 aromatic rings. The van der Waals surface area contributed by atoms with E-state index in [4.69, 9.17) is 4.74 Å². The average Bonchev–Trinajstić information content (AvgIpc) is 2.30. The highest BCUT2D eigenvalue weighted by atomic mass is 79.9. The van der Waals surface area contributed by atoms with E-state index in [-0.39, 0.29) is 18.4 Å². The second-order valence-corrected chi connectivity index (χ2v) is 6.12. The van der Waals surface area contributed by atoms with Gasteiger partial charge in [-0.15, -0.1) is 0 Å². The molecule has 0 aliphatic rings. The molecule has 0 unspecified atom stereocenters. The minimum atomic E-state index is -0.391. The summed E-state index contributed by atoms with van der Waals surface area (Å²) >= 11 is 6.75. The summed E-state index contributed by atoms with van der Waals surface area (Å²) in [6, 6.07) is 3.78. The fraction of sp³-hybridized carbons (Fsp3) is 0.385. The molecular weight excluding hydrogens is 378 g/mol. The third-order valence-electron chi connectivity index (χ3n) is 2.27. The van der Waals surface area contributed by atoms with Crippen molar-refractivity contribution in [2.75, 3.05) is 11.9 Å². The van der Waals surface area contributed by atoms with Crippen LogP contribution in [0.4, 0.5) is 5.69 Å². The molecule has 0 radical (unpaired) electrons. The molecule has 0 saturated carbocycles. The van der Waals surface area contributed by atoms with Gasteiger partial charge in [0.25, 0.3) is 5.91 Å². The van der Waals surface area contributed by atoms with Crippen LogP contribution in [0, 0.1) is 12.8 Å². The Morgan fingerprint density at radius 3 is 2.26 bits per heavy atom. The van der Waals surface area contributed by atoms with Crippen LogP contribution < -0.4 is 5.32 Å². The lowest BCUT2D eigenvalue weighted by atomic mass is 10.2. The lowest BCUT2D eigenvalue weighted by Crippen LogP contribution is -2.23. The number of ether oxygens (including phenoxy) is 1. The molecule has 0 spiro atoms. The van der Waals surface area contributed by atoms with Gasteiger partial charge in [-0.1, -0.05) is 13.8 Å². The lowest BCUT2D eigenvalue weighted by molar-refractivity contribution is -0.150. The van der Waals surface area contributed by atoms with Gasteiger partial charge in [0.1, 0.15) is 0 Å². The van der Waals surface area contributed by atoms with Crippen LogP contribution in [0.2, 0.25) is 0 Å². The van der Waals surface area contributed by atoms with E-state index in [9.17, 15) is 9.59 Å². The van der Waals surface area contributed by atoms with E-state index in [1.807, 2.05) is 19.1 Å².